The summed E-state index contributed by atoms with van der Waals surface area (Å²) in [4.78, 5) is 14.5. The molecule has 1 aromatic carbocycles. The van der Waals surface area contributed by atoms with Crippen LogP contribution in [0, 0.1) is 0 Å². The highest BCUT2D eigenvalue weighted by Crippen LogP contribution is 2.27. The predicted molar refractivity (Wildman–Crippen MR) is 67.9 cm³/mol. The van der Waals surface area contributed by atoms with Crippen LogP contribution in [0.1, 0.15) is 11.3 Å². The largest absolute Gasteiger partial charge is 0.391 e. The number of benzene rings is 1. The molecular weight excluding hydrogens is 234 g/mol. The minimum Gasteiger partial charge on any atom is -0.391 e. The van der Waals surface area contributed by atoms with Gasteiger partial charge in [0.05, 0.1) is 19.1 Å². The van der Waals surface area contributed by atoms with Crippen molar-refractivity contribution >= 4 is 27.3 Å². The van der Waals surface area contributed by atoms with Gasteiger partial charge in [0.25, 0.3) is 0 Å². The van der Waals surface area contributed by atoms with Gasteiger partial charge in [-0.05, 0) is 17.5 Å². The molecule has 1 N–H and O–H groups in total. The lowest BCUT2D eigenvalue weighted by Crippen LogP contribution is -2.24. The van der Waals surface area contributed by atoms with Gasteiger partial charge in [0.1, 0.15) is 0 Å². The molecule has 0 spiro atoms. The lowest BCUT2D eigenvalue weighted by molar-refractivity contribution is -0.128. The second-order valence-electron chi connectivity index (χ2n) is 4.38. The number of hydrogen-bond acceptors (Lipinski definition) is 3. The number of amides is 1. The van der Waals surface area contributed by atoms with Crippen LogP contribution in [0.15, 0.2) is 30.3 Å². The quantitative estimate of drug-likeness (QED) is 0.881. The molecule has 1 amide bonds. The molecule has 1 unspecified atom stereocenters. The van der Waals surface area contributed by atoms with E-state index in [1.807, 2.05) is 12.1 Å². The maximum atomic E-state index is 11.6. The standard InChI is InChI=1S/C13H13NO2S/c15-10-6-13(16)14(7-10)8-11-5-9-3-1-2-4-12(9)17-11/h1-5,10,15H,6-8H2. The molecule has 3 nitrogen and oxygen atoms in total. The van der Waals surface area contributed by atoms with Gasteiger partial charge in [0, 0.05) is 16.1 Å². The van der Waals surface area contributed by atoms with Gasteiger partial charge in [-0.25, -0.2) is 0 Å². The normalized spacial score (nSPS) is 20.4. The third-order valence-electron chi connectivity index (χ3n) is 3.02. The monoisotopic (exact) mass is 247 g/mol. The van der Waals surface area contributed by atoms with Gasteiger partial charge >= 0.3 is 0 Å². The van der Waals surface area contributed by atoms with E-state index in [1.165, 1.54) is 15.0 Å². The van der Waals surface area contributed by atoms with Gasteiger partial charge in [-0.3, -0.25) is 4.79 Å². The van der Waals surface area contributed by atoms with Crippen LogP contribution in [0.5, 0.6) is 0 Å². The number of nitrogens with zero attached hydrogens (tertiary/aromatic N) is 1. The molecule has 1 aromatic heterocycles. The second kappa shape index (κ2) is 4.13. The fourth-order valence-corrected chi connectivity index (χ4v) is 3.29. The number of likely N-dealkylation sites (tertiary alicyclic amines) is 1. The Bertz CT molecular complexity index is 530. The molecule has 1 fully saturated rings. The number of carbonyl (C=O) groups is 1. The van der Waals surface area contributed by atoms with Crippen molar-refractivity contribution in [3.8, 4) is 0 Å². The molecule has 17 heavy (non-hydrogen) atoms. The van der Waals surface area contributed by atoms with Gasteiger partial charge in [-0.2, -0.15) is 0 Å². The van der Waals surface area contributed by atoms with Crippen molar-refractivity contribution in [1.29, 1.82) is 0 Å². The highest BCUT2D eigenvalue weighted by Gasteiger charge is 2.28. The lowest BCUT2D eigenvalue weighted by atomic mass is 10.2. The number of fused-ring (bicyclic) bond motifs is 1. The van der Waals surface area contributed by atoms with Crippen molar-refractivity contribution in [3.05, 3.63) is 35.2 Å². The summed E-state index contributed by atoms with van der Waals surface area (Å²) in [6.45, 7) is 1.09. The lowest BCUT2D eigenvalue weighted by Gasteiger charge is -2.13. The van der Waals surface area contributed by atoms with Crippen molar-refractivity contribution < 1.29 is 9.90 Å². The predicted octanol–water partition coefficient (Wildman–Crippen LogP) is 1.99. The molecule has 0 radical (unpaired) electrons. The van der Waals surface area contributed by atoms with Gasteiger partial charge in [0.2, 0.25) is 5.91 Å². The van der Waals surface area contributed by atoms with Crippen LogP contribution in [0.4, 0.5) is 0 Å². The van der Waals surface area contributed by atoms with Crippen LogP contribution in [0.3, 0.4) is 0 Å². The van der Waals surface area contributed by atoms with E-state index < -0.39 is 6.10 Å². The minimum absolute atomic E-state index is 0.0509. The van der Waals surface area contributed by atoms with Gasteiger partial charge in [0.15, 0.2) is 0 Å². The summed E-state index contributed by atoms with van der Waals surface area (Å²) in [6.07, 6.45) is -0.220. The molecular formula is C13H13NO2S. The molecule has 1 aliphatic heterocycles. The van der Waals surface area contributed by atoms with Crippen molar-refractivity contribution in [2.75, 3.05) is 6.54 Å². The first-order chi connectivity index (χ1) is 8.22. The summed E-state index contributed by atoms with van der Waals surface area (Å²) in [5, 5.41) is 10.7. The molecule has 88 valence electrons. The Hall–Kier alpha value is -1.39. The summed E-state index contributed by atoms with van der Waals surface area (Å²) in [5.74, 6) is 0.0509. The summed E-state index contributed by atoms with van der Waals surface area (Å²) in [5.41, 5.74) is 0. The number of carbonyl (C=O) groups excluding carboxylic acids is 1. The maximum absolute atomic E-state index is 11.6. The number of thiophene rings is 1. The third kappa shape index (κ3) is 2.06. The Labute approximate surface area is 103 Å². The number of aliphatic hydroxyl groups is 1. The van der Waals surface area contributed by atoms with Crippen LogP contribution in [-0.4, -0.2) is 28.6 Å². The molecule has 2 aromatic rings. The van der Waals surface area contributed by atoms with E-state index in [4.69, 9.17) is 0 Å². The van der Waals surface area contributed by atoms with Crippen molar-refractivity contribution in [2.45, 2.75) is 19.1 Å². The fourth-order valence-electron chi connectivity index (χ4n) is 2.21. The first-order valence-corrected chi connectivity index (χ1v) is 6.47. The molecule has 0 saturated carbocycles. The molecule has 2 heterocycles. The first-order valence-electron chi connectivity index (χ1n) is 5.65. The second-order valence-corrected chi connectivity index (χ2v) is 5.55. The summed E-state index contributed by atoms with van der Waals surface area (Å²) in [6, 6.07) is 10.3. The third-order valence-corrected chi connectivity index (χ3v) is 4.12. The number of aliphatic hydroxyl groups excluding tert-OH is 1. The first kappa shape index (κ1) is 10.7. The topological polar surface area (TPSA) is 40.5 Å². The van der Waals surface area contributed by atoms with E-state index in [0.29, 0.717) is 13.1 Å². The number of rotatable bonds is 2. The van der Waals surface area contributed by atoms with E-state index in [1.54, 1.807) is 16.2 Å². The molecule has 0 aliphatic carbocycles. The highest BCUT2D eigenvalue weighted by molar-refractivity contribution is 7.19. The van der Waals surface area contributed by atoms with Crippen molar-refractivity contribution in [1.82, 2.24) is 4.90 Å². The Kier molecular flexibility index (Phi) is 2.61. The smallest absolute Gasteiger partial charge is 0.225 e. The van der Waals surface area contributed by atoms with Gasteiger partial charge < -0.3 is 10.0 Å². The molecule has 1 atom stereocenters. The minimum atomic E-state index is -0.489. The van der Waals surface area contributed by atoms with Crippen LogP contribution >= 0.6 is 11.3 Å². The van der Waals surface area contributed by atoms with Crippen molar-refractivity contribution in [2.24, 2.45) is 0 Å². The molecule has 4 heteroatoms. The van der Waals surface area contributed by atoms with Crippen LogP contribution < -0.4 is 0 Å². The Morgan fingerprint density at radius 1 is 1.41 bits per heavy atom. The van der Waals surface area contributed by atoms with Gasteiger partial charge in [-0.1, -0.05) is 18.2 Å². The zero-order chi connectivity index (χ0) is 11.8. The van der Waals surface area contributed by atoms with Crippen molar-refractivity contribution in [3.63, 3.8) is 0 Å². The maximum Gasteiger partial charge on any atom is 0.225 e. The van der Waals surface area contributed by atoms with E-state index in [0.717, 1.165) is 0 Å². The number of β-amino-alcohol motifs (C(OH)–C–C–N with tert-alkyl or cyclic N) is 1. The van der Waals surface area contributed by atoms with Gasteiger partial charge in [-0.15, -0.1) is 11.3 Å². The van der Waals surface area contributed by atoms with E-state index in [-0.39, 0.29) is 12.3 Å². The molecule has 0 bridgehead atoms. The van der Waals surface area contributed by atoms with Crippen LogP contribution in [0.2, 0.25) is 0 Å². The SMILES string of the molecule is O=C1CC(O)CN1Cc1cc2ccccc2s1. The molecule has 1 aliphatic rings. The summed E-state index contributed by atoms with van der Waals surface area (Å²) >= 11 is 1.71. The fraction of sp³-hybridized carbons (Fsp3) is 0.308. The average Bonchev–Trinajstić information content (AvgIpc) is 2.82. The van der Waals surface area contributed by atoms with Crippen LogP contribution in [0.25, 0.3) is 10.1 Å². The average molecular weight is 247 g/mol. The highest BCUT2D eigenvalue weighted by atomic mass is 32.1. The zero-order valence-corrected chi connectivity index (χ0v) is 10.1. The van der Waals surface area contributed by atoms with E-state index in [2.05, 4.69) is 18.2 Å². The zero-order valence-electron chi connectivity index (χ0n) is 9.30. The summed E-state index contributed by atoms with van der Waals surface area (Å²) in [7, 11) is 0. The Morgan fingerprint density at radius 2 is 2.24 bits per heavy atom. The number of hydrogen-bond donors (Lipinski definition) is 1. The van der Waals surface area contributed by atoms with E-state index >= 15 is 0 Å². The Morgan fingerprint density at radius 3 is 2.94 bits per heavy atom. The molecule has 1 saturated heterocycles. The van der Waals surface area contributed by atoms with Crippen LogP contribution in [-0.2, 0) is 11.3 Å². The molecule has 3 rings (SSSR count). The Balaban J connectivity index is 1.83. The van der Waals surface area contributed by atoms with E-state index in [9.17, 15) is 9.90 Å². The summed E-state index contributed by atoms with van der Waals surface area (Å²) < 4.78 is 1.25.